The number of benzene rings is 7. The van der Waals surface area contributed by atoms with Crippen molar-refractivity contribution in [2.75, 3.05) is 0 Å². The average Bonchev–Trinajstić information content (AvgIpc) is 3.11. The van der Waals surface area contributed by atoms with Crippen LogP contribution in [-0.2, 0) is 0 Å². The van der Waals surface area contributed by atoms with Gasteiger partial charge in [0.1, 0.15) is 0 Å². The predicted octanol–water partition coefficient (Wildman–Crippen LogP) is 13.0. The third-order valence-electron chi connectivity index (χ3n) is 9.58. The summed E-state index contributed by atoms with van der Waals surface area (Å²) in [5.41, 5.74) is 14.0. The van der Waals surface area contributed by atoms with Crippen LogP contribution in [0.25, 0.3) is 66.1 Å². The molecule has 1 atom stereocenters. The third-order valence-corrected chi connectivity index (χ3v) is 9.58. The summed E-state index contributed by atoms with van der Waals surface area (Å²) in [5, 5.41) is 5.15. The third kappa shape index (κ3) is 5.17. The highest BCUT2D eigenvalue weighted by Crippen LogP contribution is 2.46. The van der Waals surface area contributed by atoms with Crippen molar-refractivity contribution in [3.8, 4) is 44.5 Å². The van der Waals surface area contributed by atoms with Gasteiger partial charge in [0.15, 0.2) is 0 Å². The van der Waals surface area contributed by atoms with Crippen LogP contribution in [0.5, 0.6) is 0 Å². The topological polar surface area (TPSA) is 0 Å². The summed E-state index contributed by atoms with van der Waals surface area (Å²) in [6, 6.07) is 53.9. The lowest BCUT2D eigenvalue weighted by molar-refractivity contribution is 0.847. The Labute approximate surface area is 272 Å². The van der Waals surface area contributed by atoms with E-state index in [0.29, 0.717) is 5.92 Å². The van der Waals surface area contributed by atoms with Crippen LogP contribution in [0, 0.1) is 6.92 Å². The molecule has 0 spiro atoms. The zero-order valence-electron chi connectivity index (χ0n) is 26.4. The van der Waals surface area contributed by atoms with Crippen LogP contribution in [0.1, 0.15) is 30.4 Å². The molecule has 1 aliphatic rings. The fraction of sp³-hybridized carbons (Fsp3) is 0.0870. The van der Waals surface area contributed by atoms with Gasteiger partial charge in [-0.05, 0) is 104 Å². The van der Waals surface area contributed by atoms with Gasteiger partial charge in [0.2, 0.25) is 0 Å². The van der Waals surface area contributed by atoms with Gasteiger partial charge in [0, 0.05) is 5.92 Å². The molecule has 7 aromatic rings. The van der Waals surface area contributed by atoms with E-state index in [1.165, 1.54) is 82.8 Å². The summed E-state index contributed by atoms with van der Waals surface area (Å²) in [4.78, 5) is 0. The van der Waals surface area contributed by atoms with Gasteiger partial charge in [-0.15, -0.1) is 0 Å². The Kier molecular flexibility index (Phi) is 7.20. The molecule has 0 saturated heterocycles. The quantitative estimate of drug-likeness (QED) is 0.175. The van der Waals surface area contributed by atoms with Crippen LogP contribution in [0.4, 0.5) is 0 Å². The van der Waals surface area contributed by atoms with Gasteiger partial charge in [-0.2, -0.15) is 0 Å². The molecule has 0 heterocycles. The molecule has 0 bridgehead atoms. The van der Waals surface area contributed by atoms with Gasteiger partial charge in [0.05, 0.1) is 0 Å². The molecular formula is C46H36. The smallest absolute Gasteiger partial charge is 0.00561 e. The molecular weight excluding hydrogens is 553 g/mol. The molecule has 1 aliphatic carbocycles. The molecule has 0 aliphatic heterocycles. The summed E-state index contributed by atoms with van der Waals surface area (Å²) in [5.74, 6) is 0.376. The van der Waals surface area contributed by atoms with E-state index in [4.69, 9.17) is 0 Å². The minimum absolute atomic E-state index is 0.376. The van der Waals surface area contributed by atoms with E-state index in [0.717, 1.165) is 6.42 Å². The van der Waals surface area contributed by atoms with Crippen molar-refractivity contribution >= 4 is 21.5 Å². The van der Waals surface area contributed by atoms with E-state index in [1.54, 1.807) is 0 Å². The Hall–Kier alpha value is -5.46. The predicted molar refractivity (Wildman–Crippen MR) is 198 cm³/mol. The lowest BCUT2D eigenvalue weighted by Gasteiger charge is -2.21. The molecule has 46 heavy (non-hydrogen) atoms. The molecule has 0 saturated carbocycles. The highest BCUT2D eigenvalue weighted by molar-refractivity contribution is 6.22. The maximum atomic E-state index is 2.47. The number of fused-ring (bicyclic) bond motifs is 2. The SMILES string of the molecule is CC1=CCC(c2ccc3c(-c4ccccc4)c4cc(-c5ccc(C)cc5)ccc4c(-c4ccc(-c5ccccc5)cc4)c3c2)C=C1. The van der Waals surface area contributed by atoms with Gasteiger partial charge >= 0.3 is 0 Å². The lowest BCUT2D eigenvalue weighted by Crippen LogP contribution is -1.99. The van der Waals surface area contributed by atoms with Crippen LogP contribution >= 0.6 is 0 Å². The molecule has 220 valence electrons. The van der Waals surface area contributed by atoms with E-state index in [2.05, 4.69) is 178 Å². The van der Waals surface area contributed by atoms with Gasteiger partial charge in [-0.1, -0.05) is 163 Å². The van der Waals surface area contributed by atoms with Crippen molar-refractivity contribution in [2.45, 2.75) is 26.2 Å². The van der Waals surface area contributed by atoms with Crippen molar-refractivity contribution in [3.63, 3.8) is 0 Å². The Bertz CT molecular complexity index is 2250. The highest BCUT2D eigenvalue weighted by atomic mass is 14.2. The largest absolute Gasteiger partial charge is 0.0807 e. The number of allylic oxidation sites excluding steroid dienone is 4. The zero-order valence-corrected chi connectivity index (χ0v) is 26.4. The summed E-state index contributed by atoms with van der Waals surface area (Å²) >= 11 is 0. The average molecular weight is 589 g/mol. The Morgan fingerprint density at radius 2 is 0.935 bits per heavy atom. The Morgan fingerprint density at radius 1 is 0.435 bits per heavy atom. The van der Waals surface area contributed by atoms with Gasteiger partial charge < -0.3 is 0 Å². The fourth-order valence-electron chi connectivity index (χ4n) is 7.06. The molecule has 1 unspecified atom stereocenters. The first kappa shape index (κ1) is 28.0. The fourth-order valence-corrected chi connectivity index (χ4v) is 7.06. The van der Waals surface area contributed by atoms with Gasteiger partial charge in [-0.3, -0.25) is 0 Å². The maximum absolute atomic E-state index is 2.47. The molecule has 0 fully saturated rings. The van der Waals surface area contributed by atoms with Crippen molar-refractivity contribution in [2.24, 2.45) is 0 Å². The van der Waals surface area contributed by atoms with E-state index < -0.39 is 0 Å². The second kappa shape index (κ2) is 11.8. The highest BCUT2D eigenvalue weighted by Gasteiger charge is 2.20. The Balaban J connectivity index is 1.43. The van der Waals surface area contributed by atoms with Crippen molar-refractivity contribution in [1.29, 1.82) is 0 Å². The first-order valence-electron chi connectivity index (χ1n) is 16.3. The van der Waals surface area contributed by atoms with E-state index >= 15 is 0 Å². The standard InChI is InChI=1S/C46H36/c1-31-13-17-35(18-14-31)39-26-28-42-43(29-39)45(37-11-7-4-8-12-37)41-27-25-40(36-19-15-32(2)16-20-36)30-44(41)46(42)38-23-21-34(22-24-38)33-9-5-3-6-10-33/h3-19,21-30,36H,20H2,1-2H3. The zero-order chi connectivity index (χ0) is 31.0. The minimum Gasteiger partial charge on any atom is -0.0807 e. The minimum atomic E-state index is 0.376. The summed E-state index contributed by atoms with van der Waals surface area (Å²) < 4.78 is 0. The van der Waals surface area contributed by atoms with Crippen LogP contribution in [0.15, 0.2) is 169 Å². The van der Waals surface area contributed by atoms with E-state index in [1.807, 2.05) is 0 Å². The Morgan fingerprint density at radius 3 is 1.59 bits per heavy atom. The molecule has 0 N–H and O–H groups in total. The normalized spacial score (nSPS) is 14.5. The molecule has 8 rings (SSSR count). The summed E-state index contributed by atoms with van der Waals surface area (Å²) in [6.07, 6.45) is 8.04. The molecule has 7 aromatic carbocycles. The van der Waals surface area contributed by atoms with Crippen molar-refractivity contribution in [1.82, 2.24) is 0 Å². The number of hydrogen-bond acceptors (Lipinski definition) is 0. The van der Waals surface area contributed by atoms with Gasteiger partial charge in [-0.25, -0.2) is 0 Å². The van der Waals surface area contributed by atoms with Crippen LogP contribution in [0.3, 0.4) is 0 Å². The van der Waals surface area contributed by atoms with E-state index in [9.17, 15) is 0 Å². The molecule has 0 nitrogen and oxygen atoms in total. The number of hydrogen-bond donors (Lipinski definition) is 0. The number of aryl methyl sites for hydroxylation is 1. The monoisotopic (exact) mass is 588 g/mol. The molecule has 0 heteroatoms. The second-order valence-corrected chi connectivity index (χ2v) is 12.6. The van der Waals surface area contributed by atoms with Crippen LogP contribution in [0.2, 0.25) is 0 Å². The van der Waals surface area contributed by atoms with Crippen LogP contribution in [-0.4, -0.2) is 0 Å². The molecule has 0 amide bonds. The first-order chi connectivity index (χ1) is 22.6. The molecule has 0 aromatic heterocycles. The first-order valence-corrected chi connectivity index (χ1v) is 16.3. The second-order valence-electron chi connectivity index (χ2n) is 12.6. The van der Waals surface area contributed by atoms with Gasteiger partial charge in [0.25, 0.3) is 0 Å². The summed E-state index contributed by atoms with van der Waals surface area (Å²) in [7, 11) is 0. The van der Waals surface area contributed by atoms with Crippen molar-refractivity contribution < 1.29 is 0 Å². The molecule has 0 radical (unpaired) electrons. The van der Waals surface area contributed by atoms with Crippen LogP contribution < -0.4 is 0 Å². The maximum Gasteiger partial charge on any atom is 0.00561 e. The summed E-state index contributed by atoms with van der Waals surface area (Å²) in [6.45, 7) is 4.33. The van der Waals surface area contributed by atoms with E-state index in [-0.39, 0.29) is 0 Å². The number of rotatable bonds is 5. The van der Waals surface area contributed by atoms with Crippen molar-refractivity contribution in [3.05, 3.63) is 181 Å². The lowest BCUT2D eigenvalue weighted by atomic mass is 9.82.